The van der Waals surface area contributed by atoms with E-state index in [0.717, 1.165) is 27.1 Å². The van der Waals surface area contributed by atoms with Gasteiger partial charge in [-0.15, -0.1) is 0 Å². The van der Waals surface area contributed by atoms with Crippen LogP contribution in [0.3, 0.4) is 0 Å². The smallest absolute Gasteiger partial charge is 0.338 e. The molecule has 0 amide bonds. The third-order valence-electron chi connectivity index (χ3n) is 6.79. The molecule has 38 heavy (non-hydrogen) atoms. The average molecular weight is 523 g/mol. The van der Waals surface area contributed by atoms with Gasteiger partial charge in [-0.05, 0) is 70.8 Å². The molecule has 1 atom stereocenters. The first-order chi connectivity index (χ1) is 18.5. The molecule has 5 aromatic rings. The zero-order valence-corrected chi connectivity index (χ0v) is 21.6. The summed E-state index contributed by atoms with van der Waals surface area (Å²) in [6, 6.07) is 23.4. The number of halogens is 1. The lowest BCUT2D eigenvalue weighted by molar-refractivity contribution is -0.139. The first kappa shape index (κ1) is 24.0. The minimum Gasteiger partial charge on any atom is -0.463 e. The summed E-state index contributed by atoms with van der Waals surface area (Å²) in [5.41, 5.74) is 2.03. The van der Waals surface area contributed by atoms with E-state index in [2.05, 4.69) is 35.3 Å². The van der Waals surface area contributed by atoms with Crippen molar-refractivity contribution in [2.45, 2.75) is 19.9 Å². The van der Waals surface area contributed by atoms with Crippen molar-refractivity contribution in [3.63, 3.8) is 0 Å². The van der Waals surface area contributed by atoms with Gasteiger partial charge in [0.25, 0.3) is 5.56 Å². The van der Waals surface area contributed by atoms with Gasteiger partial charge in [0.05, 0.1) is 28.5 Å². The van der Waals surface area contributed by atoms with Crippen molar-refractivity contribution in [2.75, 3.05) is 6.61 Å². The van der Waals surface area contributed by atoms with Crippen molar-refractivity contribution >= 4 is 44.9 Å². The van der Waals surface area contributed by atoms with Crippen molar-refractivity contribution < 1.29 is 13.9 Å². The van der Waals surface area contributed by atoms with Gasteiger partial charge in [-0.2, -0.15) is 0 Å². The molecule has 6 rings (SSSR count). The van der Waals surface area contributed by atoms with E-state index in [4.69, 9.17) is 4.74 Å². The second kappa shape index (κ2) is 9.50. The Morgan fingerprint density at radius 3 is 2.29 bits per heavy atom. The number of carbonyl (C=O) groups is 1. The van der Waals surface area contributed by atoms with E-state index >= 15 is 0 Å². The zero-order chi connectivity index (χ0) is 26.4. The summed E-state index contributed by atoms with van der Waals surface area (Å²) in [5.74, 6) is -0.945. The first-order valence-electron chi connectivity index (χ1n) is 12.3. The number of rotatable bonds is 4. The van der Waals surface area contributed by atoms with E-state index in [1.807, 2.05) is 30.3 Å². The molecule has 0 unspecified atom stereocenters. The lowest BCUT2D eigenvalue weighted by Crippen LogP contribution is -2.39. The number of fused-ring (bicyclic) bond motifs is 3. The molecular formula is C31H23FN2O3S. The summed E-state index contributed by atoms with van der Waals surface area (Å²) < 4.78 is 21.1. The summed E-state index contributed by atoms with van der Waals surface area (Å²) in [4.78, 5) is 32.2. The van der Waals surface area contributed by atoms with Gasteiger partial charge in [-0.25, -0.2) is 14.2 Å². The molecule has 0 spiro atoms. The fourth-order valence-corrected chi connectivity index (χ4v) is 6.12. The van der Waals surface area contributed by atoms with Crippen molar-refractivity contribution in [1.82, 2.24) is 4.57 Å². The van der Waals surface area contributed by atoms with E-state index in [-0.39, 0.29) is 17.7 Å². The van der Waals surface area contributed by atoms with Gasteiger partial charge in [-0.1, -0.05) is 72.0 Å². The molecule has 188 valence electrons. The zero-order valence-electron chi connectivity index (χ0n) is 20.8. The van der Waals surface area contributed by atoms with Crippen LogP contribution < -0.4 is 14.9 Å². The molecular weight excluding hydrogens is 499 g/mol. The molecule has 1 aliphatic rings. The summed E-state index contributed by atoms with van der Waals surface area (Å²) in [7, 11) is 0. The van der Waals surface area contributed by atoms with Crippen LogP contribution in [0.15, 0.2) is 99.9 Å². The molecule has 0 saturated heterocycles. The monoisotopic (exact) mass is 522 g/mol. The second-order valence-electron chi connectivity index (χ2n) is 9.09. The highest BCUT2D eigenvalue weighted by Crippen LogP contribution is 2.31. The van der Waals surface area contributed by atoms with Crippen molar-refractivity contribution in [3.05, 3.63) is 127 Å². The number of thiazole rings is 1. The molecule has 4 aromatic carbocycles. The maximum Gasteiger partial charge on any atom is 0.338 e. The van der Waals surface area contributed by atoms with Crippen LogP contribution in [-0.4, -0.2) is 17.1 Å². The average Bonchev–Trinajstić information content (AvgIpc) is 3.22. The standard InChI is InChI=1S/C31H23FN2O3S/c1-3-37-30(36)27-18(2)33-31-34(28(27)19-12-14-22(32)15-13-19)29(35)26(38-31)17-25-23-10-6-4-8-20(23)16-21-9-5-7-11-24(21)25/h4-17,28H,3H2,1-2H3/b26-17-/t28-/m0/s1. The van der Waals surface area contributed by atoms with Crippen LogP contribution in [0.2, 0.25) is 0 Å². The topological polar surface area (TPSA) is 60.7 Å². The third kappa shape index (κ3) is 3.96. The van der Waals surface area contributed by atoms with Crippen LogP contribution in [-0.2, 0) is 9.53 Å². The van der Waals surface area contributed by atoms with E-state index in [0.29, 0.717) is 20.6 Å². The lowest BCUT2D eigenvalue weighted by Gasteiger charge is -2.24. The predicted octanol–water partition coefficient (Wildman–Crippen LogP) is 5.24. The lowest BCUT2D eigenvalue weighted by atomic mass is 9.95. The highest BCUT2D eigenvalue weighted by Gasteiger charge is 2.33. The van der Waals surface area contributed by atoms with Crippen molar-refractivity contribution in [1.29, 1.82) is 0 Å². The first-order valence-corrected chi connectivity index (χ1v) is 13.1. The van der Waals surface area contributed by atoms with E-state index in [1.165, 1.54) is 28.0 Å². The number of hydrogen-bond donors (Lipinski definition) is 0. The van der Waals surface area contributed by atoms with Gasteiger partial charge in [-0.3, -0.25) is 9.36 Å². The summed E-state index contributed by atoms with van der Waals surface area (Å²) in [6.45, 7) is 3.65. The number of hydrogen-bond acceptors (Lipinski definition) is 5. The molecule has 0 fully saturated rings. The van der Waals surface area contributed by atoms with E-state index < -0.39 is 17.8 Å². The van der Waals surface area contributed by atoms with Gasteiger partial charge in [0, 0.05) is 0 Å². The van der Waals surface area contributed by atoms with Crippen LogP contribution >= 0.6 is 11.3 Å². The normalized spacial score (nSPS) is 15.6. The fourth-order valence-electron chi connectivity index (χ4n) is 5.09. The number of allylic oxidation sites excluding steroid dienone is 1. The quantitative estimate of drug-likeness (QED) is 0.240. The number of benzene rings is 4. The molecule has 2 heterocycles. The van der Waals surface area contributed by atoms with E-state index in [1.54, 1.807) is 26.0 Å². The molecule has 7 heteroatoms. The van der Waals surface area contributed by atoms with Crippen LogP contribution in [0, 0.1) is 5.82 Å². The van der Waals surface area contributed by atoms with Crippen LogP contribution in [0.25, 0.3) is 27.6 Å². The van der Waals surface area contributed by atoms with Crippen LogP contribution in [0.1, 0.15) is 31.0 Å². The van der Waals surface area contributed by atoms with Gasteiger partial charge in [0.1, 0.15) is 5.82 Å². The number of nitrogens with zero attached hydrogens (tertiary/aromatic N) is 2. The third-order valence-corrected chi connectivity index (χ3v) is 7.77. The van der Waals surface area contributed by atoms with Crippen LogP contribution in [0.5, 0.6) is 0 Å². The molecule has 5 nitrogen and oxygen atoms in total. The molecule has 0 aliphatic carbocycles. The Labute approximate surface area is 221 Å². The number of aromatic nitrogens is 1. The summed E-state index contributed by atoms with van der Waals surface area (Å²) >= 11 is 1.27. The number of esters is 1. The molecule has 0 N–H and O–H groups in total. The van der Waals surface area contributed by atoms with Crippen molar-refractivity contribution in [3.8, 4) is 0 Å². The Bertz CT molecular complexity index is 1900. The Balaban J connectivity index is 1.64. The van der Waals surface area contributed by atoms with Gasteiger partial charge < -0.3 is 4.74 Å². The Morgan fingerprint density at radius 2 is 1.66 bits per heavy atom. The summed E-state index contributed by atoms with van der Waals surface area (Å²) in [5, 5.41) is 4.23. The minimum atomic E-state index is -0.780. The molecule has 0 radical (unpaired) electrons. The summed E-state index contributed by atoms with van der Waals surface area (Å²) in [6.07, 6.45) is 1.92. The molecule has 1 aromatic heterocycles. The molecule has 0 bridgehead atoms. The Hall–Kier alpha value is -4.36. The minimum absolute atomic E-state index is 0.185. The largest absolute Gasteiger partial charge is 0.463 e. The van der Waals surface area contributed by atoms with E-state index in [9.17, 15) is 14.0 Å². The highest BCUT2D eigenvalue weighted by atomic mass is 32.1. The molecule has 0 saturated carbocycles. The van der Waals surface area contributed by atoms with Crippen LogP contribution in [0.4, 0.5) is 4.39 Å². The van der Waals surface area contributed by atoms with Crippen molar-refractivity contribution in [2.24, 2.45) is 4.99 Å². The van der Waals surface area contributed by atoms with Gasteiger partial charge in [0.2, 0.25) is 0 Å². The maximum atomic E-state index is 14.0. The number of carbonyl (C=O) groups excluding carboxylic acids is 1. The molecule has 1 aliphatic heterocycles. The Morgan fingerprint density at radius 1 is 1.03 bits per heavy atom. The maximum absolute atomic E-state index is 14.0. The predicted molar refractivity (Wildman–Crippen MR) is 148 cm³/mol. The fraction of sp³-hybridized carbons (Fsp3) is 0.129. The van der Waals surface area contributed by atoms with Gasteiger partial charge >= 0.3 is 5.97 Å². The number of ether oxygens (including phenoxy) is 1. The SMILES string of the molecule is CCOC(=O)C1=C(C)N=c2s/c(=C\c3c4ccccc4cc4ccccc34)c(=O)n2[C@H]1c1ccc(F)cc1. The second-order valence-corrected chi connectivity index (χ2v) is 10.1. The highest BCUT2D eigenvalue weighted by molar-refractivity contribution is 7.07. The van der Waals surface area contributed by atoms with Gasteiger partial charge in [0.15, 0.2) is 4.80 Å². The Kier molecular flexibility index (Phi) is 6.00.